The molecule has 0 radical (unpaired) electrons. The third-order valence-corrected chi connectivity index (χ3v) is 3.34. The number of rotatable bonds is 3. The third-order valence-electron chi connectivity index (χ3n) is 2.99. The summed E-state index contributed by atoms with van der Waals surface area (Å²) in [6, 6.07) is 5.51. The molecule has 2 rings (SSSR count). The second kappa shape index (κ2) is 5.88. The number of furan rings is 1. The van der Waals surface area contributed by atoms with Gasteiger partial charge >= 0.3 is 5.97 Å². The average molecular weight is 290 g/mol. The van der Waals surface area contributed by atoms with Crippen molar-refractivity contribution in [1.82, 2.24) is 5.32 Å². The van der Waals surface area contributed by atoms with Crippen LogP contribution in [0.4, 0.5) is 0 Å². The van der Waals surface area contributed by atoms with Crippen molar-refractivity contribution in [2.24, 2.45) is 0 Å². The minimum Gasteiger partial charge on any atom is -0.468 e. The number of hydrogen-bond donors (Lipinski definition) is 2. The average Bonchev–Trinajstić information content (AvgIpc) is 2.91. The number of allylic oxidation sites excluding steroid dienone is 2. The van der Waals surface area contributed by atoms with E-state index in [9.17, 15) is 10.1 Å². The highest BCUT2D eigenvalue weighted by Gasteiger charge is 2.36. The molecule has 0 spiro atoms. The van der Waals surface area contributed by atoms with Crippen molar-refractivity contribution in [3.8, 4) is 6.07 Å². The predicted octanol–water partition coefficient (Wildman–Crippen LogP) is 2.47. The zero-order chi connectivity index (χ0) is 14.7. The van der Waals surface area contributed by atoms with Crippen LogP contribution in [-0.2, 0) is 9.53 Å². The molecule has 1 atom stereocenters. The number of hydrogen-bond acceptors (Lipinski definition) is 6. The van der Waals surface area contributed by atoms with Crippen molar-refractivity contribution in [1.29, 1.82) is 5.26 Å². The lowest BCUT2D eigenvalue weighted by atomic mass is 9.86. The van der Waals surface area contributed by atoms with Gasteiger partial charge in [0, 0.05) is 5.70 Å². The predicted molar refractivity (Wildman–Crippen MR) is 75.5 cm³/mol. The SMILES string of the molecule is CCOC(=O)C1=C(C)NC(S)=C(C#N)C1c1ccco1. The van der Waals surface area contributed by atoms with Gasteiger partial charge in [-0.3, -0.25) is 0 Å². The molecule has 0 saturated carbocycles. The largest absolute Gasteiger partial charge is 0.468 e. The number of carbonyl (C=O) groups excluding carboxylic acids is 1. The third kappa shape index (κ3) is 2.45. The molecule has 1 aromatic heterocycles. The summed E-state index contributed by atoms with van der Waals surface area (Å²) >= 11 is 4.27. The van der Waals surface area contributed by atoms with Crippen LogP contribution >= 0.6 is 12.6 Å². The number of ether oxygens (including phenoxy) is 1. The molecule has 1 aromatic rings. The number of nitriles is 1. The molecular weight excluding hydrogens is 276 g/mol. The Hall–Kier alpha value is -2.13. The minimum atomic E-state index is -0.595. The van der Waals surface area contributed by atoms with E-state index in [0.29, 0.717) is 27.6 Å². The van der Waals surface area contributed by atoms with Crippen LogP contribution < -0.4 is 5.32 Å². The van der Waals surface area contributed by atoms with Crippen LogP contribution in [0, 0.1) is 11.3 Å². The van der Waals surface area contributed by atoms with E-state index < -0.39 is 11.9 Å². The fraction of sp³-hybridized carbons (Fsp3) is 0.286. The Kier molecular flexibility index (Phi) is 4.20. The first-order valence-corrected chi connectivity index (χ1v) is 6.56. The zero-order valence-corrected chi connectivity index (χ0v) is 12.0. The topological polar surface area (TPSA) is 75.3 Å². The van der Waals surface area contributed by atoms with Crippen molar-refractivity contribution in [3.05, 3.63) is 46.0 Å². The van der Waals surface area contributed by atoms with Gasteiger partial charge in [-0.25, -0.2) is 4.79 Å². The summed E-state index contributed by atoms with van der Waals surface area (Å²) in [4.78, 5) is 12.2. The van der Waals surface area contributed by atoms with Crippen LogP contribution in [-0.4, -0.2) is 12.6 Å². The van der Waals surface area contributed by atoms with Gasteiger partial charge in [-0.1, -0.05) is 0 Å². The maximum Gasteiger partial charge on any atom is 0.336 e. The summed E-state index contributed by atoms with van der Waals surface area (Å²) in [7, 11) is 0. The van der Waals surface area contributed by atoms with Gasteiger partial charge in [-0.2, -0.15) is 5.26 Å². The number of nitrogens with zero attached hydrogens (tertiary/aromatic N) is 1. The first-order valence-electron chi connectivity index (χ1n) is 6.11. The summed E-state index contributed by atoms with van der Waals surface area (Å²) in [5, 5.41) is 12.7. The van der Waals surface area contributed by atoms with Crippen LogP contribution in [0.1, 0.15) is 25.5 Å². The highest BCUT2D eigenvalue weighted by atomic mass is 32.1. The van der Waals surface area contributed by atoms with Gasteiger partial charge < -0.3 is 14.5 Å². The quantitative estimate of drug-likeness (QED) is 0.660. The monoisotopic (exact) mass is 290 g/mol. The number of thiol groups is 1. The molecule has 5 nitrogen and oxygen atoms in total. The van der Waals surface area contributed by atoms with Gasteiger partial charge in [-0.05, 0) is 26.0 Å². The smallest absolute Gasteiger partial charge is 0.336 e. The number of dihydropyridines is 1. The fourth-order valence-corrected chi connectivity index (χ4v) is 2.49. The highest BCUT2D eigenvalue weighted by Crippen LogP contribution is 2.39. The zero-order valence-electron chi connectivity index (χ0n) is 11.1. The summed E-state index contributed by atoms with van der Waals surface area (Å²) < 4.78 is 10.4. The molecule has 0 aliphatic carbocycles. The normalized spacial score (nSPS) is 18.6. The van der Waals surface area contributed by atoms with Crippen molar-refractivity contribution < 1.29 is 13.9 Å². The summed E-state index contributed by atoms with van der Waals surface area (Å²) in [5.41, 5.74) is 1.31. The Morgan fingerprint density at radius 2 is 2.40 bits per heavy atom. The lowest BCUT2D eigenvalue weighted by Gasteiger charge is -2.26. The molecule has 6 heteroatoms. The Labute approximate surface area is 122 Å². The van der Waals surface area contributed by atoms with E-state index in [-0.39, 0.29) is 6.61 Å². The molecule has 1 unspecified atom stereocenters. The number of esters is 1. The molecule has 1 aliphatic rings. The van der Waals surface area contributed by atoms with Crippen molar-refractivity contribution in [3.63, 3.8) is 0 Å². The van der Waals surface area contributed by atoms with Crippen LogP contribution in [0.25, 0.3) is 0 Å². The van der Waals surface area contributed by atoms with Gasteiger partial charge in [-0.15, -0.1) is 12.6 Å². The first-order chi connectivity index (χ1) is 9.60. The van der Waals surface area contributed by atoms with E-state index in [4.69, 9.17) is 9.15 Å². The van der Waals surface area contributed by atoms with Crippen molar-refractivity contribution >= 4 is 18.6 Å². The van der Waals surface area contributed by atoms with Crippen LogP contribution in [0.2, 0.25) is 0 Å². The van der Waals surface area contributed by atoms with Gasteiger partial charge in [0.1, 0.15) is 5.76 Å². The van der Waals surface area contributed by atoms with Gasteiger partial charge in [0.05, 0.1) is 41.0 Å². The molecule has 1 aliphatic heterocycles. The molecule has 0 amide bonds. The standard InChI is InChI=1S/C14H14N2O3S/c1-3-18-14(17)11-8(2)16-13(20)9(7-15)12(11)10-5-4-6-19-10/h4-6,12,16,20H,3H2,1-2H3. The van der Waals surface area contributed by atoms with E-state index >= 15 is 0 Å². The first kappa shape index (κ1) is 14.3. The molecule has 0 aromatic carbocycles. The van der Waals surface area contributed by atoms with E-state index in [1.54, 1.807) is 26.0 Å². The molecule has 104 valence electrons. The van der Waals surface area contributed by atoms with Crippen LogP contribution in [0.15, 0.2) is 44.7 Å². The Morgan fingerprint density at radius 3 is 2.95 bits per heavy atom. The van der Waals surface area contributed by atoms with E-state index in [2.05, 4.69) is 24.0 Å². The lowest BCUT2D eigenvalue weighted by Crippen LogP contribution is -2.28. The Morgan fingerprint density at radius 1 is 1.65 bits per heavy atom. The van der Waals surface area contributed by atoms with Crippen LogP contribution in [0.5, 0.6) is 0 Å². The molecule has 0 fully saturated rings. The summed E-state index contributed by atoms with van der Waals surface area (Å²) in [6.07, 6.45) is 1.50. The Balaban J connectivity index is 2.55. The Bertz CT molecular complexity index is 623. The minimum absolute atomic E-state index is 0.264. The second-order valence-corrected chi connectivity index (χ2v) is 4.65. The summed E-state index contributed by atoms with van der Waals surface area (Å²) in [5.74, 6) is -0.549. The highest BCUT2D eigenvalue weighted by molar-refractivity contribution is 7.84. The molecular formula is C14H14N2O3S. The maximum atomic E-state index is 12.2. The fourth-order valence-electron chi connectivity index (χ4n) is 2.15. The number of nitrogens with one attached hydrogen (secondary N) is 1. The molecule has 0 saturated heterocycles. The molecule has 1 N–H and O–H groups in total. The van der Waals surface area contributed by atoms with Crippen molar-refractivity contribution in [2.75, 3.05) is 6.61 Å². The second-order valence-electron chi connectivity index (χ2n) is 4.21. The number of carbonyl (C=O) groups is 1. The van der Waals surface area contributed by atoms with E-state index in [1.807, 2.05) is 0 Å². The van der Waals surface area contributed by atoms with Crippen molar-refractivity contribution in [2.45, 2.75) is 19.8 Å². The van der Waals surface area contributed by atoms with E-state index in [1.165, 1.54) is 6.26 Å². The molecule has 2 heterocycles. The van der Waals surface area contributed by atoms with E-state index in [0.717, 1.165) is 0 Å². The van der Waals surface area contributed by atoms with Gasteiger partial charge in [0.25, 0.3) is 0 Å². The molecule has 0 bridgehead atoms. The van der Waals surface area contributed by atoms with Gasteiger partial charge in [0.15, 0.2) is 0 Å². The molecule has 20 heavy (non-hydrogen) atoms. The van der Waals surface area contributed by atoms with Crippen LogP contribution in [0.3, 0.4) is 0 Å². The summed E-state index contributed by atoms with van der Waals surface area (Å²) in [6.45, 7) is 3.74. The maximum absolute atomic E-state index is 12.2. The lowest BCUT2D eigenvalue weighted by molar-refractivity contribution is -0.138. The van der Waals surface area contributed by atoms with Gasteiger partial charge in [0.2, 0.25) is 0 Å².